The molecule has 0 aliphatic heterocycles. The summed E-state index contributed by atoms with van der Waals surface area (Å²) in [5, 5.41) is 2.97. The topological polar surface area (TPSA) is 64.6 Å². The fourth-order valence-electron chi connectivity index (χ4n) is 3.35. The van der Waals surface area contributed by atoms with Gasteiger partial charge < -0.3 is 14.8 Å². The summed E-state index contributed by atoms with van der Waals surface area (Å²) >= 11 is 0. The SMILES string of the molecule is Cc1ccc(C(C)C)c(OCC(=O)OCC(=O)N[C@@H]2CCCC[C@H]2C)c1. The summed E-state index contributed by atoms with van der Waals surface area (Å²) in [6.45, 7) is 7.83. The molecule has 1 aromatic carbocycles. The Morgan fingerprint density at radius 2 is 1.92 bits per heavy atom. The fraction of sp³-hybridized carbons (Fsp3) is 0.619. The normalized spacial score (nSPS) is 19.9. The molecule has 2 atom stereocenters. The highest BCUT2D eigenvalue weighted by Gasteiger charge is 2.23. The molecule has 1 aliphatic carbocycles. The standard InChI is InChI=1S/C21H31NO4/c1-14(2)17-10-9-15(3)11-19(17)25-13-21(24)26-12-20(23)22-18-8-6-5-7-16(18)4/h9-11,14,16,18H,5-8,12-13H2,1-4H3,(H,22,23)/t16-,18-/m1/s1. The zero-order chi connectivity index (χ0) is 19.1. The van der Waals surface area contributed by atoms with Crippen LogP contribution in [-0.4, -0.2) is 31.1 Å². The van der Waals surface area contributed by atoms with Gasteiger partial charge in [0.2, 0.25) is 0 Å². The molecule has 1 aliphatic rings. The highest BCUT2D eigenvalue weighted by molar-refractivity contribution is 5.81. The van der Waals surface area contributed by atoms with Gasteiger partial charge in [-0.15, -0.1) is 0 Å². The average molecular weight is 361 g/mol. The van der Waals surface area contributed by atoms with Gasteiger partial charge in [0, 0.05) is 6.04 Å². The zero-order valence-corrected chi connectivity index (χ0v) is 16.3. The summed E-state index contributed by atoms with van der Waals surface area (Å²) in [4.78, 5) is 23.9. The number of hydrogen-bond donors (Lipinski definition) is 1. The van der Waals surface area contributed by atoms with E-state index in [-0.39, 0.29) is 25.2 Å². The summed E-state index contributed by atoms with van der Waals surface area (Å²) in [6, 6.07) is 6.14. The number of esters is 1. The molecule has 5 heteroatoms. The van der Waals surface area contributed by atoms with Gasteiger partial charge in [0.1, 0.15) is 5.75 Å². The number of hydrogen-bond acceptors (Lipinski definition) is 4. The van der Waals surface area contributed by atoms with Crippen molar-refractivity contribution in [1.29, 1.82) is 0 Å². The number of carbonyl (C=O) groups is 2. The summed E-state index contributed by atoms with van der Waals surface area (Å²) in [6.07, 6.45) is 4.48. The van der Waals surface area contributed by atoms with Crippen LogP contribution in [0.25, 0.3) is 0 Å². The predicted molar refractivity (Wildman–Crippen MR) is 101 cm³/mol. The van der Waals surface area contributed by atoms with Crippen LogP contribution in [0.1, 0.15) is 63.5 Å². The minimum absolute atomic E-state index is 0.187. The molecule has 1 fully saturated rings. The fourth-order valence-corrected chi connectivity index (χ4v) is 3.35. The van der Waals surface area contributed by atoms with E-state index in [1.165, 1.54) is 6.42 Å². The minimum Gasteiger partial charge on any atom is -0.482 e. The first-order valence-corrected chi connectivity index (χ1v) is 9.55. The van der Waals surface area contributed by atoms with E-state index in [9.17, 15) is 9.59 Å². The summed E-state index contributed by atoms with van der Waals surface area (Å²) < 4.78 is 10.7. The Kier molecular flexibility index (Phi) is 7.49. The maximum Gasteiger partial charge on any atom is 0.344 e. The summed E-state index contributed by atoms with van der Waals surface area (Å²) in [5.41, 5.74) is 2.12. The second-order valence-electron chi connectivity index (χ2n) is 7.58. The van der Waals surface area contributed by atoms with Crippen LogP contribution in [0, 0.1) is 12.8 Å². The van der Waals surface area contributed by atoms with E-state index in [1.807, 2.05) is 25.1 Å². The molecule has 144 valence electrons. The van der Waals surface area contributed by atoms with Gasteiger partial charge in [0.15, 0.2) is 13.2 Å². The summed E-state index contributed by atoms with van der Waals surface area (Å²) in [5.74, 6) is 0.688. The molecular weight excluding hydrogens is 330 g/mol. The monoisotopic (exact) mass is 361 g/mol. The molecule has 0 saturated heterocycles. The van der Waals surface area contributed by atoms with Gasteiger partial charge in [0.25, 0.3) is 5.91 Å². The van der Waals surface area contributed by atoms with Crippen molar-refractivity contribution >= 4 is 11.9 Å². The van der Waals surface area contributed by atoms with Gasteiger partial charge in [-0.3, -0.25) is 4.79 Å². The first-order valence-electron chi connectivity index (χ1n) is 9.55. The van der Waals surface area contributed by atoms with E-state index in [0.29, 0.717) is 17.6 Å². The molecular formula is C21H31NO4. The Morgan fingerprint density at radius 3 is 2.62 bits per heavy atom. The van der Waals surface area contributed by atoms with Crippen LogP contribution >= 0.6 is 0 Å². The van der Waals surface area contributed by atoms with Crippen LogP contribution < -0.4 is 10.1 Å². The van der Waals surface area contributed by atoms with Crippen molar-refractivity contribution in [3.8, 4) is 5.75 Å². The van der Waals surface area contributed by atoms with Crippen molar-refractivity contribution < 1.29 is 19.1 Å². The van der Waals surface area contributed by atoms with Crippen molar-refractivity contribution in [2.45, 2.75) is 65.3 Å². The van der Waals surface area contributed by atoms with Gasteiger partial charge in [-0.25, -0.2) is 4.79 Å². The number of aryl methyl sites for hydroxylation is 1. The average Bonchev–Trinajstić information content (AvgIpc) is 2.60. The Balaban J connectivity index is 1.77. The quantitative estimate of drug-likeness (QED) is 0.752. The molecule has 0 bridgehead atoms. The van der Waals surface area contributed by atoms with Crippen molar-refractivity contribution in [3.05, 3.63) is 29.3 Å². The van der Waals surface area contributed by atoms with Crippen molar-refractivity contribution in [3.63, 3.8) is 0 Å². The van der Waals surface area contributed by atoms with Crippen molar-refractivity contribution in [1.82, 2.24) is 5.32 Å². The van der Waals surface area contributed by atoms with Crippen LogP contribution in [0.5, 0.6) is 5.75 Å². The van der Waals surface area contributed by atoms with Gasteiger partial charge in [-0.1, -0.05) is 45.7 Å². The molecule has 0 heterocycles. The lowest BCUT2D eigenvalue weighted by Gasteiger charge is -2.29. The lowest BCUT2D eigenvalue weighted by atomic mass is 9.86. The second-order valence-corrected chi connectivity index (χ2v) is 7.58. The van der Waals surface area contributed by atoms with Crippen LogP contribution in [0.3, 0.4) is 0 Å². The lowest BCUT2D eigenvalue weighted by molar-refractivity contribution is -0.150. The van der Waals surface area contributed by atoms with E-state index in [1.54, 1.807) is 0 Å². The number of nitrogens with one attached hydrogen (secondary N) is 1. The molecule has 1 amide bonds. The second kappa shape index (κ2) is 9.60. The Morgan fingerprint density at radius 1 is 1.19 bits per heavy atom. The third-order valence-electron chi connectivity index (χ3n) is 4.96. The van der Waals surface area contributed by atoms with Crippen LogP contribution in [-0.2, 0) is 14.3 Å². The van der Waals surface area contributed by atoms with E-state index in [4.69, 9.17) is 9.47 Å². The molecule has 1 saturated carbocycles. The van der Waals surface area contributed by atoms with Crippen LogP contribution in [0.2, 0.25) is 0 Å². The number of ether oxygens (including phenoxy) is 2. The largest absolute Gasteiger partial charge is 0.482 e. The molecule has 0 unspecified atom stereocenters. The van der Waals surface area contributed by atoms with E-state index >= 15 is 0 Å². The van der Waals surface area contributed by atoms with Crippen LogP contribution in [0.4, 0.5) is 0 Å². The van der Waals surface area contributed by atoms with E-state index in [2.05, 4.69) is 26.1 Å². The third-order valence-corrected chi connectivity index (χ3v) is 4.96. The molecule has 0 spiro atoms. The Hall–Kier alpha value is -2.04. The first kappa shape index (κ1) is 20.3. The van der Waals surface area contributed by atoms with Gasteiger partial charge >= 0.3 is 5.97 Å². The van der Waals surface area contributed by atoms with Crippen molar-refractivity contribution in [2.24, 2.45) is 5.92 Å². The maximum absolute atomic E-state index is 12.0. The lowest BCUT2D eigenvalue weighted by Crippen LogP contribution is -2.43. The molecule has 2 rings (SSSR count). The molecule has 26 heavy (non-hydrogen) atoms. The third kappa shape index (κ3) is 6.04. The highest BCUT2D eigenvalue weighted by atomic mass is 16.6. The van der Waals surface area contributed by atoms with Crippen molar-refractivity contribution in [2.75, 3.05) is 13.2 Å². The van der Waals surface area contributed by atoms with Gasteiger partial charge in [-0.2, -0.15) is 0 Å². The van der Waals surface area contributed by atoms with Crippen LogP contribution in [0.15, 0.2) is 18.2 Å². The number of benzene rings is 1. The zero-order valence-electron chi connectivity index (χ0n) is 16.3. The first-order chi connectivity index (χ1) is 12.4. The van der Waals surface area contributed by atoms with E-state index in [0.717, 1.165) is 30.4 Å². The van der Waals surface area contributed by atoms with Gasteiger partial charge in [0.05, 0.1) is 0 Å². The smallest absolute Gasteiger partial charge is 0.344 e. The minimum atomic E-state index is -0.534. The number of rotatable bonds is 7. The number of carbonyl (C=O) groups excluding carboxylic acids is 2. The highest BCUT2D eigenvalue weighted by Crippen LogP contribution is 2.27. The predicted octanol–water partition coefficient (Wildman–Crippen LogP) is 3.74. The Bertz CT molecular complexity index is 626. The maximum atomic E-state index is 12.0. The molecule has 1 N–H and O–H groups in total. The molecule has 0 aromatic heterocycles. The summed E-state index contributed by atoms with van der Waals surface area (Å²) in [7, 11) is 0. The van der Waals surface area contributed by atoms with E-state index < -0.39 is 5.97 Å². The molecule has 0 radical (unpaired) electrons. The molecule has 5 nitrogen and oxygen atoms in total. The Labute approximate surface area is 156 Å². The molecule has 1 aromatic rings. The van der Waals surface area contributed by atoms with Gasteiger partial charge in [-0.05, 0) is 48.8 Å². The number of amides is 1.